The summed E-state index contributed by atoms with van der Waals surface area (Å²) in [7, 11) is 0. The summed E-state index contributed by atoms with van der Waals surface area (Å²) in [6.07, 6.45) is 6.81. The fourth-order valence-electron chi connectivity index (χ4n) is 4.45. The van der Waals surface area contributed by atoms with E-state index in [1.165, 1.54) is 18.2 Å². The number of halogens is 3. The fraction of sp³-hybridized carbons (Fsp3) is 0.156. The van der Waals surface area contributed by atoms with Crippen molar-refractivity contribution in [3.05, 3.63) is 138 Å². The number of ketones is 1. The molecule has 3 aromatic carbocycles. The first-order valence-electron chi connectivity index (χ1n) is 12.4. The lowest BCUT2D eigenvalue weighted by Crippen LogP contribution is -2.36. The number of nitrogens with zero attached hydrogens (tertiary/aromatic N) is 1. The third kappa shape index (κ3) is 6.44. The number of carboxylic acid groups (broad SMARTS) is 1. The van der Waals surface area contributed by atoms with Crippen LogP contribution < -0.4 is 4.74 Å². The second-order valence-corrected chi connectivity index (χ2v) is 11.2. The molecular formula is C32H26F2INO4. The first kappa shape index (κ1) is 29.1. The van der Waals surface area contributed by atoms with Gasteiger partial charge in [-0.05, 0) is 30.7 Å². The molecule has 0 saturated heterocycles. The van der Waals surface area contributed by atoms with E-state index in [0.29, 0.717) is 28.0 Å². The molecule has 0 heterocycles. The van der Waals surface area contributed by atoms with Crippen LogP contribution in [0.2, 0.25) is 0 Å². The summed E-state index contributed by atoms with van der Waals surface area (Å²) in [4.78, 5) is 30.3. The van der Waals surface area contributed by atoms with Gasteiger partial charge in [-0.3, -0.25) is 9.79 Å². The lowest BCUT2D eigenvalue weighted by molar-refractivity contribution is -0.129. The summed E-state index contributed by atoms with van der Waals surface area (Å²) in [6, 6.07) is 19.1. The number of benzene rings is 3. The fourth-order valence-corrected chi connectivity index (χ4v) is 5.38. The molecular weight excluding hydrogens is 627 g/mol. The number of Topliss-reactive ketones (excluding diaryl/α,β-unsaturated/α-hetero) is 1. The molecule has 4 rings (SSSR count). The summed E-state index contributed by atoms with van der Waals surface area (Å²) >= 11 is 2.20. The minimum Gasteiger partial charge on any atom is -0.489 e. The number of rotatable bonds is 10. The Morgan fingerprint density at radius 2 is 1.68 bits per heavy atom. The highest BCUT2D eigenvalue weighted by Gasteiger charge is 2.41. The van der Waals surface area contributed by atoms with Crippen LogP contribution in [0.3, 0.4) is 0 Å². The van der Waals surface area contributed by atoms with E-state index in [1.54, 1.807) is 61.5 Å². The molecule has 5 nitrogen and oxygen atoms in total. The van der Waals surface area contributed by atoms with Gasteiger partial charge in [0.05, 0.1) is 3.42 Å². The van der Waals surface area contributed by atoms with Gasteiger partial charge < -0.3 is 9.84 Å². The molecule has 0 radical (unpaired) electrons. The topological polar surface area (TPSA) is 76.0 Å². The molecule has 3 aromatic rings. The number of carbonyl (C=O) groups is 2. The predicted octanol–water partition coefficient (Wildman–Crippen LogP) is 7.41. The van der Waals surface area contributed by atoms with Crippen LogP contribution in [0.5, 0.6) is 5.75 Å². The van der Waals surface area contributed by atoms with Crippen LogP contribution in [0.25, 0.3) is 0 Å². The van der Waals surface area contributed by atoms with Crippen molar-refractivity contribution in [1.29, 1.82) is 0 Å². The van der Waals surface area contributed by atoms with Gasteiger partial charge in [-0.1, -0.05) is 95.4 Å². The molecule has 2 unspecified atom stereocenters. The molecule has 2 atom stereocenters. The zero-order valence-electron chi connectivity index (χ0n) is 21.6. The van der Waals surface area contributed by atoms with Gasteiger partial charge in [0.25, 0.3) is 0 Å². The van der Waals surface area contributed by atoms with Crippen molar-refractivity contribution in [3.63, 3.8) is 0 Å². The van der Waals surface area contributed by atoms with Crippen LogP contribution in [0.1, 0.15) is 34.8 Å². The Hall–Kier alpha value is -3.92. The molecule has 0 saturated carbocycles. The SMILES string of the molecule is C=CCC(=NC1(C)C=CC(I)(c2ccccc2OCc2cc(F)cc(F)c2)C=C1C(=O)c1ccccc1)C(=O)O. The number of aliphatic carboxylic acids is 1. The Morgan fingerprint density at radius 3 is 2.33 bits per heavy atom. The normalized spacial score (nSPS) is 20.5. The highest BCUT2D eigenvalue weighted by Crippen LogP contribution is 2.47. The molecule has 204 valence electrons. The average Bonchev–Trinajstić information content (AvgIpc) is 2.93. The quantitative estimate of drug-likeness (QED) is 0.0813. The third-order valence-corrected chi connectivity index (χ3v) is 7.65. The highest BCUT2D eigenvalue weighted by atomic mass is 127. The van der Waals surface area contributed by atoms with Crippen molar-refractivity contribution in [2.75, 3.05) is 0 Å². The van der Waals surface area contributed by atoms with Gasteiger partial charge >= 0.3 is 5.97 Å². The summed E-state index contributed by atoms with van der Waals surface area (Å²) in [6.45, 7) is 5.24. The second kappa shape index (κ2) is 12.1. The Morgan fingerprint density at radius 1 is 1.02 bits per heavy atom. The molecule has 8 heteroatoms. The van der Waals surface area contributed by atoms with Gasteiger partial charge in [0.1, 0.15) is 35.2 Å². The molecule has 1 N–H and O–H groups in total. The van der Waals surface area contributed by atoms with E-state index in [-0.39, 0.29) is 24.5 Å². The van der Waals surface area contributed by atoms with Crippen LogP contribution in [0.15, 0.2) is 114 Å². The predicted molar refractivity (Wildman–Crippen MR) is 159 cm³/mol. The molecule has 0 aromatic heterocycles. The van der Waals surface area contributed by atoms with Gasteiger partial charge in [-0.15, -0.1) is 6.58 Å². The average molecular weight is 653 g/mol. The number of alkyl halides is 1. The number of carbonyl (C=O) groups excluding carboxylic acids is 1. The summed E-state index contributed by atoms with van der Waals surface area (Å²) < 4.78 is 32.5. The first-order chi connectivity index (χ1) is 19.0. The van der Waals surface area contributed by atoms with Gasteiger partial charge in [-0.2, -0.15) is 0 Å². The molecule has 40 heavy (non-hydrogen) atoms. The van der Waals surface area contributed by atoms with E-state index in [0.717, 1.165) is 6.07 Å². The van der Waals surface area contributed by atoms with Gasteiger partial charge in [0.15, 0.2) is 5.78 Å². The number of para-hydroxylation sites is 1. The number of hydrogen-bond acceptors (Lipinski definition) is 4. The van der Waals surface area contributed by atoms with Crippen LogP contribution in [-0.4, -0.2) is 28.1 Å². The van der Waals surface area contributed by atoms with Crippen molar-refractivity contribution < 1.29 is 28.2 Å². The second-order valence-electron chi connectivity index (χ2n) is 9.42. The van der Waals surface area contributed by atoms with Crippen LogP contribution in [-0.2, 0) is 14.8 Å². The Kier molecular flexibility index (Phi) is 8.78. The molecule has 0 fully saturated rings. The lowest BCUT2D eigenvalue weighted by Gasteiger charge is -2.35. The lowest BCUT2D eigenvalue weighted by atomic mass is 9.77. The number of aliphatic imine (C=N–C) groups is 1. The van der Waals surface area contributed by atoms with Crippen molar-refractivity contribution in [2.24, 2.45) is 4.99 Å². The van der Waals surface area contributed by atoms with E-state index in [1.807, 2.05) is 18.2 Å². The van der Waals surface area contributed by atoms with Crippen molar-refractivity contribution in [1.82, 2.24) is 0 Å². The largest absolute Gasteiger partial charge is 0.489 e. The minimum absolute atomic E-state index is 0.0261. The van der Waals surface area contributed by atoms with Gasteiger partial charge in [-0.25, -0.2) is 13.6 Å². The highest BCUT2D eigenvalue weighted by molar-refractivity contribution is 14.1. The smallest absolute Gasteiger partial charge is 0.350 e. The molecule has 0 aliphatic heterocycles. The number of hydrogen-bond donors (Lipinski definition) is 1. The number of carboxylic acids is 1. The standard InChI is InChI=1S/C32H26F2INO4/c1-3-9-27(30(38)39)36-31(2)14-15-32(35,19-26(31)29(37)22-10-5-4-6-11-22)25-12-7-8-13-28(25)40-20-21-16-23(33)18-24(34)17-21/h3-8,10-19H,1,9,20H2,2H3,(H,38,39). The molecule has 1 aliphatic rings. The molecule has 0 amide bonds. The zero-order chi connectivity index (χ0) is 28.9. The molecule has 0 bridgehead atoms. The summed E-state index contributed by atoms with van der Waals surface area (Å²) in [5.41, 5.74) is 0.351. The van der Waals surface area contributed by atoms with E-state index < -0.39 is 26.6 Å². The maximum atomic E-state index is 13.9. The van der Waals surface area contributed by atoms with E-state index in [2.05, 4.69) is 34.2 Å². The summed E-state index contributed by atoms with van der Waals surface area (Å²) in [5.74, 6) is -2.43. The third-order valence-electron chi connectivity index (χ3n) is 6.40. The number of ether oxygens (including phenoxy) is 1. The van der Waals surface area contributed by atoms with E-state index in [9.17, 15) is 23.5 Å². The van der Waals surface area contributed by atoms with Gasteiger partial charge in [0.2, 0.25) is 0 Å². The van der Waals surface area contributed by atoms with Crippen molar-refractivity contribution in [2.45, 2.75) is 28.9 Å². The van der Waals surface area contributed by atoms with E-state index >= 15 is 0 Å². The van der Waals surface area contributed by atoms with Crippen LogP contribution in [0.4, 0.5) is 8.78 Å². The molecule has 0 spiro atoms. The Labute approximate surface area is 244 Å². The maximum Gasteiger partial charge on any atom is 0.350 e. The van der Waals surface area contributed by atoms with Crippen molar-refractivity contribution >= 4 is 40.1 Å². The first-order valence-corrected chi connectivity index (χ1v) is 13.4. The Bertz CT molecular complexity index is 1530. The number of allylic oxidation sites excluding steroid dienone is 3. The van der Waals surface area contributed by atoms with Crippen LogP contribution >= 0.6 is 22.6 Å². The monoisotopic (exact) mass is 653 g/mol. The van der Waals surface area contributed by atoms with E-state index in [4.69, 9.17) is 4.74 Å². The maximum absolute atomic E-state index is 13.9. The zero-order valence-corrected chi connectivity index (χ0v) is 23.8. The van der Waals surface area contributed by atoms with Crippen LogP contribution in [0, 0.1) is 11.6 Å². The minimum atomic E-state index is -1.27. The van der Waals surface area contributed by atoms with Gasteiger partial charge in [0, 0.05) is 29.2 Å². The summed E-state index contributed by atoms with van der Waals surface area (Å²) in [5, 5.41) is 9.72. The van der Waals surface area contributed by atoms with Crippen molar-refractivity contribution in [3.8, 4) is 5.75 Å². The Balaban J connectivity index is 1.80. The molecule has 1 aliphatic carbocycles.